The Bertz CT molecular complexity index is 590. The SMILES string of the molecule is CN(Cc1ccoc1)CC(O)COc1cccc(C#N)c1. The van der Waals surface area contributed by atoms with Crippen molar-refractivity contribution in [1.29, 1.82) is 5.26 Å². The lowest BCUT2D eigenvalue weighted by Gasteiger charge is -2.20. The molecule has 5 heteroatoms. The molecule has 0 amide bonds. The van der Waals surface area contributed by atoms with Crippen molar-refractivity contribution in [2.75, 3.05) is 20.2 Å². The van der Waals surface area contributed by atoms with Crippen molar-refractivity contribution in [3.05, 3.63) is 54.0 Å². The van der Waals surface area contributed by atoms with Crippen LogP contribution in [0.25, 0.3) is 0 Å². The summed E-state index contributed by atoms with van der Waals surface area (Å²) in [5.41, 5.74) is 1.60. The van der Waals surface area contributed by atoms with Crippen LogP contribution in [0.2, 0.25) is 0 Å². The Kier molecular flexibility index (Phi) is 5.38. The zero-order valence-corrected chi connectivity index (χ0v) is 11.9. The summed E-state index contributed by atoms with van der Waals surface area (Å²) in [6.45, 7) is 1.38. The molecule has 0 fully saturated rings. The highest BCUT2D eigenvalue weighted by Gasteiger charge is 2.10. The van der Waals surface area contributed by atoms with Crippen LogP contribution in [0.3, 0.4) is 0 Å². The first-order valence-electron chi connectivity index (χ1n) is 6.68. The van der Waals surface area contributed by atoms with Gasteiger partial charge in [0.25, 0.3) is 0 Å². The molecule has 0 aliphatic carbocycles. The third kappa shape index (κ3) is 4.95. The summed E-state index contributed by atoms with van der Waals surface area (Å²) in [6, 6.07) is 10.8. The number of aliphatic hydroxyl groups excluding tert-OH is 1. The summed E-state index contributed by atoms with van der Waals surface area (Å²) in [5, 5.41) is 18.8. The second kappa shape index (κ2) is 7.48. The molecule has 1 N–H and O–H groups in total. The minimum absolute atomic E-state index is 0.185. The number of hydrogen-bond donors (Lipinski definition) is 1. The Morgan fingerprint density at radius 2 is 2.29 bits per heavy atom. The number of nitriles is 1. The summed E-state index contributed by atoms with van der Waals surface area (Å²) in [5.74, 6) is 0.589. The van der Waals surface area contributed by atoms with Crippen molar-refractivity contribution in [1.82, 2.24) is 4.90 Å². The van der Waals surface area contributed by atoms with Crippen molar-refractivity contribution < 1.29 is 14.3 Å². The summed E-state index contributed by atoms with van der Waals surface area (Å²) >= 11 is 0. The van der Waals surface area contributed by atoms with E-state index in [1.54, 1.807) is 36.8 Å². The van der Waals surface area contributed by atoms with E-state index in [2.05, 4.69) is 6.07 Å². The number of hydrogen-bond acceptors (Lipinski definition) is 5. The second-order valence-electron chi connectivity index (χ2n) is 4.93. The quantitative estimate of drug-likeness (QED) is 0.843. The van der Waals surface area contributed by atoms with E-state index in [0.717, 1.165) is 5.56 Å². The van der Waals surface area contributed by atoms with E-state index in [-0.39, 0.29) is 6.61 Å². The van der Waals surface area contributed by atoms with Crippen molar-refractivity contribution in [2.24, 2.45) is 0 Å². The monoisotopic (exact) mass is 286 g/mol. The summed E-state index contributed by atoms with van der Waals surface area (Å²) in [4.78, 5) is 1.99. The Morgan fingerprint density at radius 1 is 1.43 bits per heavy atom. The smallest absolute Gasteiger partial charge is 0.120 e. The van der Waals surface area contributed by atoms with Gasteiger partial charge < -0.3 is 14.3 Å². The van der Waals surface area contributed by atoms with Crippen LogP contribution in [0.5, 0.6) is 5.75 Å². The number of ether oxygens (including phenoxy) is 1. The van der Waals surface area contributed by atoms with Crippen molar-refractivity contribution in [3.63, 3.8) is 0 Å². The maximum atomic E-state index is 9.98. The number of rotatable bonds is 7. The zero-order valence-electron chi connectivity index (χ0n) is 11.9. The van der Waals surface area contributed by atoms with E-state index in [9.17, 15) is 5.11 Å². The molecule has 1 heterocycles. The van der Waals surface area contributed by atoms with Gasteiger partial charge in [-0.05, 0) is 31.3 Å². The average molecular weight is 286 g/mol. The van der Waals surface area contributed by atoms with Crippen LogP contribution in [0.1, 0.15) is 11.1 Å². The van der Waals surface area contributed by atoms with Crippen molar-refractivity contribution in [2.45, 2.75) is 12.6 Å². The maximum absolute atomic E-state index is 9.98. The van der Waals surface area contributed by atoms with Crippen molar-refractivity contribution in [3.8, 4) is 11.8 Å². The van der Waals surface area contributed by atoms with Crippen LogP contribution in [0, 0.1) is 11.3 Å². The van der Waals surface area contributed by atoms with E-state index >= 15 is 0 Å². The van der Waals surface area contributed by atoms with Crippen molar-refractivity contribution >= 4 is 0 Å². The minimum Gasteiger partial charge on any atom is -0.491 e. The third-order valence-corrected chi connectivity index (χ3v) is 2.96. The molecule has 1 unspecified atom stereocenters. The molecule has 0 aliphatic rings. The van der Waals surface area contributed by atoms with Gasteiger partial charge in [0.1, 0.15) is 18.5 Å². The van der Waals surface area contributed by atoms with E-state index in [1.807, 2.05) is 18.0 Å². The van der Waals surface area contributed by atoms with E-state index < -0.39 is 6.10 Å². The van der Waals surface area contributed by atoms with Crippen LogP contribution < -0.4 is 4.74 Å². The highest BCUT2D eigenvalue weighted by Crippen LogP contribution is 2.13. The van der Waals surface area contributed by atoms with Gasteiger partial charge in [-0.1, -0.05) is 6.07 Å². The molecule has 0 aliphatic heterocycles. The van der Waals surface area contributed by atoms with Crippen LogP contribution in [-0.4, -0.2) is 36.3 Å². The largest absolute Gasteiger partial charge is 0.491 e. The zero-order chi connectivity index (χ0) is 15.1. The fraction of sp³-hybridized carbons (Fsp3) is 0.312. The first-order valence-corrected chi connectivity index (χ1v) is 6.68. The first-order chi connectivity index (χ1) is 10.2. The van der Waals surface area contributed by atoms with E-state index in [1.165, 1.54) is 0 Å². The van der Waals surface area contributed by atoms with Crippen LogP contribution >= 0.6 is 0 Å². The summed E-state index contributed by atoms with van der Waals surface area (Å²) < 4.78 is 10.5. The van der Waals surface area contributed by atoms with Gasteiger partial charge in [-0.3, -0.25) is 4.90 Å². The number of likely N-dealkylation sites (N-methyl/N-ethyl adjacent to an activating group) is 1. The number of furan rings is 1. The van der Waals surface area contributed by atoms with Gasteiger partial charge in [0, 0.05) is 18.7 Å². The third-order valence-electron chi connectivity index (χ3n) is 2.96. The molecule has 0 saturated carbocycles. The predicted octanol–water partition coefficient (Wildman–Crippen LogP) is 2.02. The average Bonchev–Trinajstić information content (AvgIpc) is 2.98. The maximum Gasteiger partial charge on any atom is 0.120 e. The van der Waals surface area contributed by atoms with Gasteiger partial charge in [0.15, 0.2) is 0 Å². The minimum atomic E-state index is -0.604. The van der Waals surface area contributed by atoms with Gasteiger partial charge in [-0.25, -0.2) is 0 Å². The lowest BCUT2D eigenvalue weighted by molar-refractivity contribution is 0.0743. The van der Waals surface area contributed by atoms with Crippen LogP contribution in [-0.2, 0) is 6.54 Å². The Balaban J connectivity index is 1.76. The molecule has 0 bridgehead atoms. The highest BCUT2D eigenvalue weighted by molar-refractivity contribution is 5.36. The van der Waals surface area contributed by atoms with Gasteiger partial charge >= 0.3 is 0 Å². The Morgan fingerprint density at radius 3 is 3.00 bits per heavy atom. The molecule has 5 nitrogen and oxygen atoms in total. The Labute approximate surface area is 124 Å². The topological polar surface area (TPSA) is 69.6 Å². The van der Waals surface area contributed by atoms with E-state index in [0.29, 0.717) is 24.4 Å². The second-order valence-corrected chi connectivity index (χ2v) is 4.93. The van der Waals surface area contributed by atoms with Gasteiger partial charge in [-0.15, -0.1) is 0 Å². The molecular weight excluding hydrogens is 268 g/mol. The van der Waals surface area contributed by atoms with Crippen LogP contribution in [0.15, 0.2) is 47.3 Å². The lowest BCUT2D eigenvalue weighted by Crippen LogP contribution is -2.32. The highest BCUT2D eigenvalue weighted by atomic mass is 16.5. The molecular formula is C16H18N2O3. The summed E-state index contributed by atoms with van der Waals surface area (Å²) in [7, 11) is 1.92. The first kappa shape index (κ1) is 15.1. The molecule has 110 valence electrons. The number of nitrogens with zero attached hydrogens (tertiary/aromatic N) is 2. The molecule has 2 rings (SSSR count). The Hall–Kier alpha value is -2.29. The van der Waals surface area contributed by atoms with Crippen LogP contribution in [0.4, 0.5) is 0 Å². The van der Waals surface area contributed by atoms with Gasteiger partial charge in [0.2, 0.25) is 0 Å². The predicted molar refractivity (Wildman–Crippen MR) is 77.7 cm³/mol. The molecule has 0 spiro atoms. The van der Waals surface area contributed by atoms with Gasteiger partial charge in [0.05, 0.1) is 24.2 Å². The molecule has 0 radical (unpaired) electrons. The number of aliphatic hydroxyl groups is 1. The normalized spacial score (nSPS) is 12.1. The fourth-order valence-electron chi connectivity index (χ4n) is 2.02. The fourth-order valence-corrected chi connectivity index (χ4v) is 2.02. The molecule has 2 aromatic rings. The molecule has 1 atom stereocenters. The summed E-state index contributed by atoms with van der Waals surface area (Å²) in [6.07, 6.45) is 2.71. The molecule has 1 aromatic heterocycles. The number of benzene rings is 1. The van der Waals surface area contributed by atoms with Gasteiger partial charge in [-0.2, -0.15) is 5.26 Å². The molecule has 0 saturated heterocycles. The van der Waals surface area contributed by atoms with E-state index in [4.69, 9.17) is 14.4 Å². The molecule has 21 heavy (non-hydrogen) atoms. The molecule has 1 aromatic carbocycles. The standard InChI is InChI=1S/C16H18N2O3/c1-18(9-14-5-6-20-11-14)10-15(19)12-21-16-4-2-3-13(7-16)8-17/h2-7,11,15,19H,9-10,12H2,1H3. The lowest BCUT2D eigenvalue weighted by atomic mass is 10.2.